The second-order valence-electron chi connectivity index (χ2n) is 1.35. The molecular formula is C4H14SiZn. The largest absolute Gasteiger partial charge is 0.0149 e. The van der Waals surface area contributed by atoms with Gasteiger partial charge in [-0.2, -0.15) is 0 Å². The molecule has 6 heavy (non-hydrogen) atoms. The third-order valence-corrected chi connectivity index (χ3v) is 3.67. The van der Waals surface area contributed by atoms with E-state index < -0.39 is 0 Å². The van der Waals surface area contributed by atoms with E-state index in [4.69, 9.17) is 0 Å². The van der Waals surface area contributed by atoms with Gasteiger partial charge in [-0.15, -0.1) is 0 Å². The average molecular weight is 156 g/mol. The van der Waals surface area contributed by atoms with Crippen LogP contribution in [0.1, 0.15) is 13.8 Å². The van der Waals surface area contributed by atoms with Crippen molar-refractivity contribution in [1.82, 2.24) is 0 Å². The summed E-state index contributed by atoms with van der Waals surface area (Å²) in [7, 11) is 0. The molecule has 0 amide bonds. The Balaban J connectivity index is 0. The van der Waals surface area contributed by atoms with E-state index in [0.717, 1.165) is 0 Å². The van der Waals surface area contributed by atoms with E-state index in [1.165, 1.54) is 10.0 Å². The molecule has 0 aromatic rings. The molecule has 0 aliphatic heterocycles. The van der Waals surface area contributed by atoms with Crippen molar-refractivity contribution in [3.63, 3.8) is 0 Å². The third-order valence-electron chi connectivity index (χ3n) is 0.707. The minimum absolute atomic E-state index is 0. The Morgan fingerprint density at radius 3 is 1.50 bits per heavy atom. The molecule has 0 aromatic carbocycles. The molecule has 0 saturated heterocycles. The number of hydrogen-bond donors (Lipinski definition) is 0. The molecule has 0 heterocycles. The van der Waals surface area contributed by atoms with Crippen LogP contribution in [0.25, 0.3) is 0 Å². The first-order valence-electron chi connectivity index (χ1n) is 2.41. The van der Waals surface area contributed by atoms with Crippen LogP contribution in [0.4, 0.5) is 0 Å². The summed E-state index contributed by atoms with van der Waals surface area (Å²) in [5.41, 5.74) is 0. The minimum atomic E-state index is 0. The van der Waals surface area contributed by atoms with Crippen LogP contribution in [-0.4, -0.2) is 11.0 Å². The number of rotatable bonds is 2. The second-order valence-corrected chi connectivity index (χ2v) is 7.03. The molecule has 0 aliphatic carbocycles. The van der Waals surface area contributed by atoms with Crippen molar-refractivity contribution in [3.05, 3.63) is 0 Å². The van der Waals surface area contributed by atoms with Crippen LogP contribution < -0.4 is 0 Å². The molecule has 0 radical (unpaired) electrons. The summed E-state index contributed by atoms with van der Waals surface area (Å²) >= 11 is 0.0972. The first kappa shape index (κ1) is 9.96. The summed E-state index contributed by atoms with van der Waals surface area (Å²) in [6.45, 7) is 4.59. The van der Waals surface area contributed by atoms with Crippen molar-refractivity contribution in [2.24, 2.45) is 0 Å². The van der Waals surface area contributed by atoms with Gasteiger partial charge >= 0.3 is 41.0 Å². The fourth-order valence-electron chi connectivity index (χ4n) is 0.354. The van der Waals surface area contributed by atoms with Gasteiger partial charge in [-0.25, -0.2) is 0 Å². The van der Waals surface area contributed by atoms with E-state index in [1.807, 2.05) is 0 Å². The van der Waals surface area contributed by atoms with Gasteiger partial charge in [0.15, 0.2) is 0 Å². The van der Waals surface area contributed by atoms with Crippen molar-refractivity contribution in [2.75, 3.05) is 0 Å². The van der Waals surface area contributed by atoms with Crippen LogP contribution in [0, 0.1) is 0 Å². The van der Waals surface area contributed by atoms with Crippen LogP contribution in [-0.2, 0) is 17.1 Å². The fraction of sp³-hybridized carbons (Fsp3) is 1.00. The quantitative estimate of drug-likeness (QED) is 0.510. The van der Waals surface area contributed by atoms with Gasteiger partial charge in [-0.3, -0.25) is 0 Å². The fourth-order valence-corrected chi connectivity index (χ4v) is 1.84. The zero-order chi connectivity index (χ0) is 4.12. The summed E-state index contributed by atoms with van der Waals surface area (Å²) in [5.74, 6) is 0. The van der Waals surface area contributed by atoms with Gasteiger partial charge in [0.25, 0.3) is 0 Å². The van der Waals surface area contributed by atoms with Crippen molar-refractivity contribution in [1.29, 1.82) is 0 Å². The molecule has 0 rings (SSSR count). The van der Waals surface area contributed by atoms with Gasteiger partial charge in [0, 0.05) is 0 Å². The molecule has 0 nitrogen and oxygen atoms in total. The van der Waals surface area contributed by atoms with Crippen LogP contribution in [0.15, 0.2) is 0 Å². The average Bonchev–Trinajstić information content (AvgIpc) is 1.41. The van der Waals surface area contributed by atoms with Crippen molar-refractivity contribution in [3.8, 4) is 0 Å². The van der Waals surface area contributed by atoms with Crippen molar-refractivity contribution in [2.45, 2.75) is 23.9 Å². The molecule has 0 unspecified atom stereocenters. The predicted octanol–water partition coefficient (Wildman–Crippen LogP) is 0.494. The molecule has 0 bridgehead atoms. The Labute approximate surface area is 52.3 Å². The zero-order valence-electron chi connectivity index (χ0n) is 4.12. The molecule has 0 atom stereocenters. The maximum atomic E-state index is 2.30. The molecule has 0 aromatic heterocycles. The molecular weight excluding hydrogens is 142 g/mol. The van der Waals surface area contributed by atoms with Crippen LogP contribution in [0.2, 0.25) is 10.0 Å². The molecule has 36 valence electrons. The predicted molar refractivity (Wildman–Crippen MR) is 32.3 cm³/mol. The van der Waals surface area contributed by atoms with Crippen molar-refractivity contribution >= 4 is 11.0 Å². The summed E-state index contributed by atoms with van der Waals surface area (Å²) in [6.07, 6.45) is 0. The first-order valence-corrected chi connectivity index (χ1v) is 6.61. The Morgan fingerprint density at radius 2 is 1.50 bits per heavy atom. The van der Waals surface area contributed by atoms with Gasteiger partial charge in [0.2, 0.25) is 0 Å². The maximum Gasteiger partial charge on any atom is -0.0149 e. The summed E-state index contributed by atoms with van der Waals surface area (Å²) in [6, 6.07) is 0. The zero-order valence-corrected chi connectivity index (χ0v) is 7.09. The Kier molecular flexibility index (Phi) is 15.4. The maximum absolute atomic E-state index is 2.30. The van der Waals surface area contributed by atoms with Crippen molar-refractivity contribution < 1.29 is 17.1 Å². The first-order chi connectivity index (χ1) is 2.41. The van der Waals surface area contributed by atoms with Gasteiger partial charge < -0.3 is 0 Å². The van der Waals surface area contributed by atoms with Crippen LogP contribution in [0.3, 0.4) is 0 Å². The summed E-state index contributed by atoms with van der Waals surface area (Å²) < 4.78 is 0. The molecule has 0 aliphatic rings. The van der Waals surface area contributed by atoms with E-state index in [0.29, 0.717) is 0 Å². The third kappa shape index (κ3) is 8.85. The molecule has 0 spiro atoms. The topological polar surface area (TPSA) is 0 Å². The van der Waals surface area contributed by atoms with E-state index in [9.17, 15) is 0 Å². The van der Waals surface area contributed by atoms with Gasteiger partial charge in [0.05, 0.1) is 0 Å². The summed E-state index contributed by atoms with van der Waals surface area (Å²) in [4.78, 5) is 0. The Morgan fingerprint density at radius 1 is 1.17 bits per heavy atom. The van der Waals surface area contributed by atoms with Gasteiger partial charge in [0.1, 0.15) is 0 Å². The van der Waals surface area contributed by atoms with Crippen LogP contribution >= 0.6 is 0 Å². The van der Waals surface area contributed by atoms with E-state index in [-0.39, 0.29) is 28.1 Å². The SMILES string of the molecule is C[CH2][Zn][CH2]C.[SiH4]. The van der Waals surface area contributed by atoms with Crippen LogP contribution in [0.5, 0.6) is 0 Å². The minimum Gasteiger partial charge on any atom is -0.0149 e. The monoisotopic (exact) mass is 154 g/mol. The molecule has 0 saturated carbocycles. The van der Waals surface area contributed by atoms with E-state index >= 15 is 0 Å². The number of hydrogen-bond acceptors (Lipinski definition) is 0. The molecule has 0 N–H and O–H groups in total. The normalized spacial score (nSPS) is 5.67. The van der Waals surface area contributed by atoms with E-state index in [2.05, 4.69) is 13.8 Å². The second kappa shape index (κ2) is 9.28. The van der Waals surface area contributed by atoms with E-state index in [1.54, 1.807) is 0 Å². The van der Waals surface area contributed by atoms with Gasteiger partial charge in [-0.1, -0.05) is 0 Å². The smallest absolute Gasteiger partial charge is 0.0149 e. The summed E-state index contributed by atoms with van der Waals surface area (Å²) in [5, 5.41) is 3.06. The Hall–Kier alpha value is 0.840. The molecule has 2 heteroatoms. The van der Waals surface area contributed by atoms with Gasteiger partial charge in [-0.05, 0) is 11.0 Å². The standard InChI is InChI=1S/2C2H5.H4Si.Zn/c2*1-2;;/h2*1H2,2H3;1H4;. The Bertz CT molecular complexity index is 15.0. The molecule has 0 fully saturated rings.